The normalized spacial score (nSPS) is 14.8. The molecule has 162 valence electrons. The van der Waals surface area contributed by atoms with Crippen LogP contribution < -0.4 is 5.69 Å². The molecular formula is C22H30N4O4. The van der Waals surface area contributed by atoms with Crippen LogP contribution in [-0.2, 0) is 22.6 Å². The van der Waals surface area contributed by atoms with Crippen molar-refractivity contribution in [2.45, 2.75) is 51.6 Å². The minimum absolute atomic E-state index is 0.00704. The van der Waals surface area contributed by atoms with E-state index in [1.54, 1.807) is 23.8 Å². The predicted molar refractivity (Wildman–Crippen MR) is 113 cm³/mol. The van der Waals surface area contributed by atoms with E-state index in [0.29, 0.717) is 38.3 Å². The van der Waals surface area contributed by atoms with Crippen molar-refractivity contribution in [2.75, 3.05) is 26.8 Å². The molecule has 0 unspecified atom stereocenters. The molecule has 1 fully saturated rings. The van der Waals surface area contributed by atoms with Gasteiger partial charge in [0, 0.05) is 51.1 Å². The number of hydrogen-bond donors (Lipinski definition) is 0. The first-order valence-corrected chi connectivity index (χ1v) is 10.6. The maximum atomic E-state index is 12.6. The third-order valence-corrected chi connectivity index (χ3v) is 5.65. The number of amides is 1. The highest BCUT2D eigenvalue weighted by Gasteiger charge is 2.28. The maximum Gasteiger partial charge on any atom is 0.345 e. The van der Waals surface area contributed by atoms with E-state index in [1.165, 1.54) is 4.68 Å². The number of carbonyl (C=O) groups is 2. The number of methoxy groups -OCH3 is 1. The first kappa shape index (κ1) is 22.0. The van der Waals surface area contributed by atoms with Gasteiger partial charge in [0.25, 0.3) is 0 Å². The highest BCUT2D eigenvalue weighted by atomic mass is 16.5. The first-order chi connectivity index (χ1) is 14.5. The number of benzene rings is 1. The zero-order valence-electron chi connectivity index (χ0n) is 17.7. The molecule has 0 spiro atoms. The fraction of sp³-hybridized carbons (Fsp3) is 0.545. The van der Waals surface area contributed by atoms with Crippen molar-refractivity contribution in [1.29, 1.82) is 0 Å². The molecule has 0 radical (unpaired) electrons. The van der Waals surface area contributed by atoms with Gasteiger partial charge >= 0.3 is 5.69 Å². The number of rotatable bonds is 9. The molecule has 8 nitrogen and oxygen atoms in total. The SMILES string of the molecule is CCn1c(C2CCN(C(=O)CCC(=O)c3ccccc3)CC2)nn(CCOC)c1=O. The van der Waals surface area contributed by atoms with E-state index in [9.17, 15) is 14.4 Å². The fourth-order valence-corrected chi connectivity index (χ4v) is 3.91. The Kier molecular flexibility index (Phi) is 7.57. The number of ether oxygens (including phenoxy) is 1. The van der Waals surface area contributed by atoms with Gasteiger partial charge in [-0.2, -0.15) is 5.10 Å². The van der Waals surface area contributed by atoms with Crippen LogP contribution in [0.15, 0.2) is 35.1 Å². The molecular weight excluding hydrogens is 384 g/mol. The number of nitrogens with zero attached hydrogens (tertiary/aromatic N) is 4. The molecule has 1 aromatic carbocycles. The summed E-state index contributed by atoms with van der Waals surface area (Å²) in [5, 5.41) is 4.54. The number of Topliss-reactive ketones (excluding diaryl/α,β-unsaturated/α-hetero) is 1. The maximum absolute atomic E-state index is 12.6. The Morgan fingerprint density at radius 2 is 1.83 bits per heavy atom. The van der Waals surface area contributed by atoms with Crippen molar-refractivity contribution < 1.29 is 14.3 Å². The van der Waals surface area contributed by atoms with E-state index >= 15 is 0 Å². The van der Waals surface area contributed by atoms with Crippen LogP contribution in [0.3, 0.4) is 0 Å². The molecule has 0 bridgehead atoms. The number of hydrogen-bond acceptors (Lipinski definition) is 5. The highest BCUT2D eigenvalue weighted by Crippen LogP contribution is 2.26. The Labute approximate surface area is 176 Å². The fourth-order valence-electron chi connectivity index (χ4n) is 3.91. The summed E-state index contributed by atoms with van der Waals surface area (Å²) >= 11 is 0. The molecule has 1 aliphatic heterocycles. The molecule has 2 aromatic rings. The summed E-state index contributed by atoms with van der Waals surface area (Å²) in [5.74, 6) is 0.949. The zero-order chi connectivity index (χ0) is 21.5. The molecule has 0 saturated carbocycles. The van der Waals surface area contributed by atoms with Crippen LogP contribution in [-0.4, -0.2) is 57.7 Å². The van der Waals surface area contributed by atoms with Crippen molar-refractivity contribution in [2.24, 2.45) is 0 Å². The number of carbonyl (C=O) groups excluding carboxylic acids is 2. The second kappa shape index (κ2) is 10.3. The van der Waals surface area contributed by atoms with Gasteiger partial charge in [0.05, 0.1) is 13.2 Å². The van der Waals surface area contributed by atoms with Gasteiger partial charge in [-0.15, -0.1) is 0 Å². The van der Waals surface area contributed by atoms with Crippen molar-refractivity contribution in [3.05, 3.63) is 52.2 Å². The Morgan fingerprint density at radius 1 is 1.13 bits per heavy atom. The Balaban J connectivity index is 1.55. The average Bonchev–Trinajstić information content (AvgIpc) is 3.11. The summed E-state index contributed by atoms with van der Waals surface area (Å²) in [6.07, 6.45) is 1.98. The molecule has 30 heavy (non-hydrogen) atoms. The summed E-state index contributed by atoms with van der Waals surface area (Å²) in [6.45, 7) is 4.62. The van der Waals surface area contributed by atoms with Gasteiger partial charge in [-0.25, -0.2) is 9.48 Å². The van der Waals surface area contributed by atoms with E-state index in [4.69, 9.17) is 4.74 Å². The number of piperidine rings is 1. The molecule has 0 atom stereocenters. The predicted octanol–water partition coefficient (Wildman–Crippen LogP) is 2.08. The summed E-state index contributed by atoms with van der Waals surface area (Å²) in [4.78, 5) is 39.1. The molecule has 1 amide bonds. The average molecular weight is 415 g/mol. The van der Waals surface area contributed by atoms with Crippen LogP contribution >= 0.6 is 0 Å². The Hall–Kier alpha value is -2.74. The minimum atomic E-state index is -0.109. The Bertz CT molecular complexity index is 911. The quantitative estimate of drug-likeness (QED) is 0.587. The van der Waals surface area contributed by atoms with Gasteiger partial charge in [-0.05, 0) is 19.8 Å². The van der Waals surface area contributed by atoms with Gasteiger partial charge < -0.3 is 9.64 Å². The van der Waals surface area contributed by atoms with Crippen molar-refractivity contribution in [3.63, 3.8) is 0 Å². The third kappa shape index (κ3) is 5.05. The second-order valence-electron chi connectivity index (χ2n) is 7.55. The van der Waals surface area contributed by atoms with E-state index < -0.39 is 0 Å². The van der Waals surface area contributed by atoms with Crippen molar-refractivity contribution in [3.8, 4) is 0 Å². The van der Waals surface area contributed by atoms with E-state index in [1.807, 2.05) is 30.0 Å². The summed E-state index contributed by atoms with van der Waals surface area (Å²) in [6, 6.07) is 9.07. The van der Waals surface area contributed by atoms with Crippen LogP contribution in [0.25, 0.3) is 0 Å². The van der Waals surface area contributed by atoms with E-state index in [2.05, 4.69) is 5.10 Å². The van der Waals surface area contributed by atoms with Crippen LogP contribution in [0.5, 0.6) is 0 Å². The largest absolute Gasteiger partial charge is 0.383 e. The van der Waals surface area contributed by atoms with Crippen LogP contribution in [0.1, 0.15) is 54.7 Å². The third-order valence-electron chi connectivity index (χ3n) is 5.65. The summed E-state index contributed by atoms with van der Waals surface area (Å²) in [7, 11) is 1.60. The van der Waals surface area contributed by atoms with E-state index in [0.717, 1.165) is 18.7 Å². The van der Waals surface area contributed by atoms with Gasteiger partial charge in [-0.3, -0.25) is 14.2 Å². The zero-order valence-corrected chi connectivity index (χ0v) is 17.7. The van der Waals surface area contributed by atoms with Gasteiger partial charge in [0.15, 0.2) is 5.78 Å². The van der Waals surface area contributed by atoms with E-state index in [-0.39, 0.29) is 36.1 Å². The lowest BCUT2D eigenvalue weighted by Crippen LogP contribution is -2.38. The molecule has 0 N–H and O–H groups in total. The second-order valence-corrected chi connectivity index (χ2v) is 7.55. The van der Waals surface area contributed by atoms with Crippen molar-refractivity contribution in [1.82, 2.24) is 19.2 Å². The molecule has 3 rings (SSSR count). The number of likely N-dealkylation sites (tertiary alicyclic amines) is 1. The molecule has 2 heterocycles. The Morgan fingerprint density at radius 3 is 2.47 bits per heavy atom. The molecule has 8 heteroatoms. The van der Waals surface area contributed by atoms with Gasteiger partial charge in [0.2, 0.25) is 5.91 Å². The standard InChI is InChI=1S/C22H30N4O4/c1-3-25-21(23-26(22(25)29)15-16-30-2)18-11-13-24(14-12-18)20(28)10-9-19(27)17-7-5-4-6-8-17/h4-8,18H,3,9-16H2,1-2H3. The van der Waals surface area contributed by atoms with Crippen LogP contribution in [0, 0.1) is 0 Å². The van der Waals surface area contributed by atoms with Gasteiger partial charge in [0.1, 0.15) is 5.82 Å². The molecule has 1 saturated heterocycles. The van der Waals surface area contributed by atoms with Crippen molar-refractivity contribution >= 4 is 11.7 Å². The lowest BCUT2D eigenvalue weighted by atomic mass is 9.95. The smallest absolute Gasteiger partial charge is 0.345 e. The molecule has 1 aromatic heterocycles. The number of ketones is 1. The first-order valence-electron chi connectivity index (χ1n) is 10.6. The molecule has 0 aliphatic carbocycles. The molecule has 1 aliphatic rings. The minimum Gasteiger partial charge on any atom is -0.383 e. The lowest BCUT2D eigenvalue weighted by Gasteiger charge is -2.31. The highest BCUT2D eigenvalue weighted by molar-refractivity contribution is 5.97. The van der Waals surface area contributed by atoms with Gasteiger partial charge in [-0.1, -0.05) is 30.3 Å². The summed E-state index contributed by atoms with van der Waals surface area (Å²) < 4.78 is 8.25. The topological polar surface area (TPSA) is 86.4 Å². The monoisotopic (exact) mass is 414 g/mol. The van der Waals surface area contributed by atoms with Crippen LogP contribution in [0.2, 0.25) is 0 Å². The lowest BCUT2D eigenvalue weighted by molar-refractivity contribution is -0.132. The van der Waals surface area contributed by atoms with Crippen LogP contribution in [0.4, 0.5) is 0 Å². The summed E-state index contributed by atoms with van der Waals surface area (Å²) in [5.41, 5.74) is 0.535. The number of aromatic nitrogens is 3.